The Balaban J connectivity index is 2.14. The fourth-order valence-corrected chi connectivity index (χ4v) is 2.80. The normalized spacial score (nSPS) is 16.9. The van der Waals surface area contributed by atoms with Gasteiger partial charge in [-0.05, 0) is 44.0 Å². The number of aryl methyl sites for hydroxylation is 2. The topological polar surface area (TPSA) is 39.6 Å². The Bertz CT molecular complexity index is 646. The maximum atomic E-state index is 9.80. The minimum Gasteiger partial charge on any atom is -0.508 e. The zero-order valence-electron chi connectivity index (χ0n) is 12.3. The van der Waals surface area contributed by atoms with E-state index in [2.05, 4.69) is 30.7 Å². The third kappa shape index (κ3) is 2.20. The van der Waals surface area contributed by atoms with Gasteiger partial charge >= 0.3 is 0 Å². The van der Waals surface area contributed by atoms with E-state index in [-0.39, 0.29) is 0 Å². The average Bonchev–Trinajstić information content (AvgIpc) is 2.44. The minimum atomic E-state index is 0.304. The summed E-state index contributed by atoms with van der Waals surface area (Å²) < 4.78 is 0. The van der Waals surface area contributed by atoms with Crippen molar-refractivity contribution in [2.75, 3.05) is 38.1 Å². The van der Waals surface area contributed by atoms with Crippen molar-refractivity contribution in [3.8, 4) is 5.75 Å². The third-order valence-electron chi connectivity index (χ3n) is 4.27. The molecule has 2 aromatic rings. The lowest BCUT2D eigenvalue weighted by molar-refractivity contribution is 0.312. The summed E-state index contributed by atoms with van der Waals surface area (Å²) in [5.74, 6) is 1.31. The van der Waals surface area contributed by atoms with Gasteiger partial charge in [-0.25, -0.2) is 4.98 Å². The molecule has 106 valence electrons. The van der Waals surface area contributed by atoms with Gasteiger partial charge in [-0.15, -0.1) is 0 Å². The number of rotatable bonds is 1. The molecule has 1 fully saturated rings. The fraction of sp³-hybridized carbons (Fsp3) is 0.438. The van der Waals surface area contributed by atoms with E-state index in [1.54, 1.807) is 6.07 Å². The molecule has 4 heteroatoms. The van der Waals surface area contributed by atoms with Crippen LogP contribution in [0.1, 0.15) is 11.3 Å². The van der Waals surface area contributed by atoms with Gasteiger partial charge in [-0.3, -0.25) is 0 Å². The molecule has 1 saturated heterocycles. The van der Waals surface area contributed by atoms with Crippen molar-refractivity contribution in [3.63, 3.8) is 0 Å². The molecule has 0 unspecified atom stereocenters. The van der Waals surface area contributed by atoms with Gasteiger partial charge in [0.15, 0.2) is 0 Å². The van der Waals surface area contributed by atoms with Gasteiger partial charge in [0.25, 0.3) is 0 Å². The average molecular weight is 271 g/mol. The molecule has 0 spiro atoms. The van der Waals surface area contributed by atoms with Crippen LogP contribution in [0.4, 0.5) is 5.82 Å². The molecule has 4 nitrogen and oxygen atoms in total. The molecule has 1 aromatic carbocycles. The number of piperazine rings is 1. The van der Waals surface area contributed by atoms with E-state index in [1.807, 2.05) is 12.1 Å². The van der Waals surface area contributed by atoms with Crippen molar-refractivity contribution in [2.24, 2.45) is 0 Å². The molecule has 0 bridgehead atoms. The van der Waals surface area contributed by atoms with Crippen LogP contribution in [0.3, 0.4) is 0 Å². The van der Waals surface area contributed by atoms with Crippen LogP contribution in [0.25, 0.3) is 10.8 Å². The molecular weight excluding hydrogens is 250 g/mol. The Labute approximate surface area is 119 Å². The highest BCUT2D eigenvalue weighted by Gasteiger charge is 2.19. The molecule has 0 atom stereocenters. The number of phenolic OH excluding ortho intramolecular Hbond substituents is 1. The van der Waals surface area contributed by atoms with E-state index in [1.165, 1.54) is 10.9 Å². The molecule has 3 rings (SSSR count). The number of fused-ring (bicyclic) bond motifs is 1. The van der Waals surface area contributed by atoms with Crippen LogP contribution >= 0.6 is 0 Å². The lowest BCUT2D eigenvalue weighted by Crippen LogP contribution is -2.45. The predicted octanol–water partition coefficient (Wildman–Crippen LogP) is 2.31. The van der Waals surface area contributed by atoms with Crippen molar-refractivity contribution in [3.05, 3.63) is 29.5 Å². The Kier molecular flexibility index (Phi) is 3.26. The number of nitrogens with zero attached hydrogens (tertiary/aromatic N) is 3. The van der Waals surface area contributed by atoms with Gasteiger partial charge in [0, 0.05) is 37.3 Å². The smallest absolute Gasteiger partial charge is 0.136 e. The minimum absolute atomic E-state index is 0.304. The van der Waals surface area contributed by atoms with E-state index in [0.717, 1.165) is 43.1 Å². The van der Waals surface area contributed by atoms with E-state index in [4.69, 9.17) is 4.98 Å². The summed E-state index contributed by atoms with van der Waals surface area (Å²) in [4.78, 5) is 9.45. The second kappa shape index (κ2) is 4.94. The Morgan fingerprint density at radius 2 is 1.75 bits per heavy atom. The second-order valence-electron chi connectivity index (χ2n) is 5.67. The van der Waals surface area contributed by atoms with Crippen LogP contribution in [0.5, 0.6) is 5.75 Å². The van der Waals surface area contributed by atoms with Crippen molar-refractivity contribution in [2.45, 2.75) is 13.8 Å². The summed E-state index contributed by atoms with van der Waals surface area (Å²) in [6.07, 6.45) is 0. The first-order valence-electron chi connectivity index (χ1n) is 7.09. The molecular formula is C16H21N3O. The van der Waals surface area contributed by atoms with Crippen molar-refractivity contribution in [1.29, 1.82) is 0 Å². The van der Waals surface area contributed by atoms with E-state index in [0.29, 0.717) is 5.75 Å². The number of aromatic nitrogens is 1. The third-order valence-corrected chi connectivity index (χ3v) is 4.27. The number of aromatic hydroxyl groups is 1. The van der Waals surface area contributed by atoms with E-state index in [9.17, 15) is 5.11 Å². The number of hydrogen-bond donors (Lipinski definition) is 1. The SMILES string of the molecule is Cc1nc(N2CCN(C)CC2)c2cc(O)ccc2c1C. The second-order valence-corrected chi connectivity index (χ2v) is 5.67. The quantitative estimate of drug-likeness (QED) is 0.864. The van der Waals surface area contributed by atoms with Crippen LogP contribution in [0.2, 0.25) is 0 Å². The number of anilines is 1. The number of hydrogen-bond acceptors (Lipinski definition) is 4. The highest BCUT2D eigenvalue weighted by molar-refractivity contribution is 5.96. The summed E-state index contributed by atoms with van der Waals surface area (Å²) in [5, 5.41) is 12.0. The Morgan fingerprint density at radius 3 is 2.45 bits per heavy atom. The largest absolute Gasteiger partial charge is 0.508 e. The molecule has 0 saturated carbocycles. The van der Waals surface area contributed by atoms with Gasteiger partial charge in [0.1, 0.15) is 11.6 Å². The van der Waals surface area contributed by atoms with Gasteiger partial charge < -0.3 is 14.9 Å². The summed E-state index contributed by atoms with van der Waals surface area (Å²) in [6, 6.07) is 5.58. The summed E-state index contributed by atoms with van der Waals surface area (Å²) >= 11 is 0. The highest BCUT2D eigenvalue weighted by atomic mass is 16.3. The molecule has 0 radical (unpaired) electrons. The first-order valence-corrected chi connectivity index (χ1v) is 7.09. The van der Waals surface area contributed by atoms with Gasteiger partial charge in [0.2, 0.25) is 0 Å². The first kappa shape index (κ1) is 13.2. The summed E-state index contributed by atoms with van der Waals surface area (Å²) in [5.41, 5.74) is 2.26. The molecule has 2 heterocycles. The maximum Gasteiger partial charge on any atom is 0.136 e. The maximum absolute atomic E-state index is 9.80. The van der Waals surface area contributed by atoms with Crippen LogP contribution in [0.15, 0.2) is 18.2 Å². The number of likely N-dealkylation sites (N-methyl/N-ethyl adjacent to an activating group) is 1. The van der Waals surface area contributed by atoms with Gasteiger partial charge in [0.05, 0.1) is 0 Å². The number of phenols is 1. The van der Waals surface area contributed by atoms with Crippen LogP contribution in [-0.2, 0) is 0 Å². The Morgan fingerprint density at radius 1 is 1.05 bits per heavy atom. The highest BCUT2D eigenvalue weighted by Crippen LogP contribution is 2.32. The monoisotopic (exact) mass is 271 g/mol. The molecule has 0 amide bonds. The predicted molar refractivity (Wildman–Crippen MR) is 82.6 cm³/mol. The van der Waals surface area contributed by atoms with E-state index >= 15 is 0 Å². The number of pyridine rings is 1. The van der Waals surface area contributed by atoms with Crippen LogP contribution < -0.4 is 4.90 Å². The molecule has 20 heavy (non-hydrogen) atoms. The molecule has 1 aliphatic heterocycles. The zero-order chi connectivity index (χ0) is 14.3. The standard InChI is InChI=1S/C16H21N3O/c1-11-12(2)17-16(19-8-6-18(3)7-9-19)15-10-13(20)4-5-14(11)15/h4-5,10,20H,6-9H2,1-3H3. The van der Waals surface area contributed by atoms with Crippen molar-refractivity contribution >= 4 is 16.6 Å². The molecule has 1 aromatic heterocycles. The first-order chi connectivity index (χ1) is 9.56. The zero-order valence-corrected chi connectivity index (χ0v) is 12.3. The van der Waals surface area contributed by atoms with Crippen molar-refractivity contribution < 1.29 is 5.11 Å². The fourth-order valence-electron chi connectivity index (χ4n) is 2.80. The summed E-state index contributed by atoms with van der Waals surface area (Å²) in [6.45, 7) is 8.22. The molecule has 1 N–H and O–H groups in total. The molecule has 0 aliphatic carbocycles. The van der Waals surface area contributed by atoms with Crippen LogP contribution in [-0.4, -0.2) is 48.2 Å². The van der Waals surface area contributed by atoms with Gasteiger partial charge in [-0.2, -0.15) is 0 Å². The lowest BCUT2D eigenvalue weighted by Gasteiger charge is -2.34. The van der Waals surface area contributed by atoms with Gasteiger partial charge in [-0.1, -0.05) is 6.07 Å². The lowest BCUT2D eigenvalue weighted by atomic mass is 10.0. The van der Waals surface area contributed by atoms with Crippen molar-refractivity contribution in [1.82, 2.24) is 9.88 Å². The molecule has 1 aliphatic rings. The van der Waals surface area contributed by atoms with E-state index < -0.39 is 0 Å². The Hall–Kier alpha value is -1.81. The van der Waals surface area contributed by atoms with Crippen LogP contribution in [0, 0.1) is 13.8 Å². The number of benzene rings is 1. The summed E-state index contributed by atoms with van der Waals surface area (Å²) in [7, 11) is 2.15.